The van der Waals surface area contributed by atoms with Crippen molar-refractivity contribution in [2.24, 2.45) is 5.41 Å². The summed E-state index contributed by atoms with van der Waals surface area (Å²) in [5.74, 6) is 0.989. The van der Waals surface area contributed by atoms with Crippen LogP contribution in [-0.4, -0.2) is 16.3 Å². The molecule has 0 radical (unpaired) electrons. The van der Waals surface area contributed by atoms with Gasteiger partial charge in [-0.3, -0.25) is 0 Å². The van der Waals surface area contributed by atoms with E-state index in [1.54, 1.807) is 0 Å². The maximum absolute atomic E-state index is 5.98. The maximum atomic E-state index is 5.98. The minimum atomic E-state index is 0.489. The molecule has 0 aliphatic heterocycles. The number of aromatic nitrogens is 2. The molecule has 0 spiro atoms. The van der Waals surface area contributed by atoms with Gasteiger partial charge in [0.15, 0.2) is 0 Å². The van der Waals surface area contributed by atoms with Crippen LogP contribution in [-0.2, 0) is 6.54 Å². The van der Waals surface area contributed by atoms with Crippen molar-refractivity contribution in [3.8, 4) is 0 Å². The molecule has 2 rings (SSSR count). The van der Waals surface area contributed by atoms with Crippen molar-refractivity contribution in [3.05, 3.63) is 5.69 Å². The Morgan fingerprint density at radius 1 is 1.53 bits per heavy atom. The van der Waals surface area contributed by atoms with E-state index < -0.39 is 0 Å². The predicted molar refractivity (Wildman–Crippen MR) is 62.9 cm³/mol. The molecule has 0 aromatic carbocycles. The summed E-state index contributed by atoms with van der Waals surface area (Å²) in [7, 11) is 0. The molecule has 0 unspecified atom stereocenters. The Hall–Kier alpha value is -1.19. The molecule has 4 nitrogen and oxygen atoms in total. The van der Waals surface area contributed by atoms with Crippen LogP contribution in [0.5, 0.6) is 0 Å². The number of hydrogen-bond donors (Lipinski definition) is 2. The molecule has 1 aliphatic carbocycles. The van der Waals surface area contributed by atoms with Crippen molar-refractivity contribution >= 4 is 11.5 Å². The van der Waals surface area contributed by atoms with Crippen molar-refractivity contribution in [3.63, 3.8) is 0 Å². The van der Waals surface area contributed by atoms with E-state index in [4.69, 9.17) is 5.73 Å². The minimum absolute atomic E-state index is 0.489. The highest BCUT2D eigenvalue weighted by molar-refractivity contribution is 5.64. The van der Waals surface area contributed by atoms with Gasteiger partial charge in [0.05, 0.1) is 11.4 Å². The van der Waals surface area contributed by atoms with Gasteiger partial charge in [0.2, 0.25) is 0 Å². The van der Waals surface area contributed by atoms with Crippen LogP contribution in [0.15, 0.2) is 0 Å². The van der Waals surface area contributed by atoms with Gasteiger partial charge in [-0.05, 0) is 32.1 Å². The molecule has 0 saturated heterocycles. The number of rotatable bonds is 4. The largest absolute Gasteiger partial charge is 0.394 e. The number of nitrogens with one attached hydrogen (secondary N) is 1. The van der Waals surface area contributed by atoms with Crippen LogP contribution >= 0.6 is 0 Å². The molecular formula is C11H20N4. The van der Waals surface area contributed by atoms with Crippen molar-refractivity contribution < 1.29 is 0 Å². The summed E-state index contributed by atoms with van der Waals surface area (Å²) in [6.45, 7) is 8.19. The molecular weight excluding hydrogens is 188 g/mol. The predicted octanol–water partition coefficient (Wildman–Crippen LogP) is 2.01. The zero-order chi connectivity index (χ0) is 11.1. The topological polar surface area (TPSA) is 55.9 Å². The zero-order valence-corrected chi connectivity index (χ0v) is 9.80. The lowest BCUT2D eigenvalue weighted by Gasteiger charge is -2.13. The summed E-state index contributed by atoms with van der Waals surface area (Å²) >= 11 is 0. The third-order valence-electron chi connectivity index (χ3n) is 3.26. The lowest BCUT2D eigenvalue weighted by molar-refractivity contribution is 0.596. The third-order valence-corrected chi connectivity index (χ3v) is 3.26. The number of nitrogen functional groups attached to an aromatic ring is 1. The maximum Gasteiger partial charge on any atom is 0.148 e. The van der Waals surface area contributed by atoms with Gasteiger partial charge < -0.3 is 11.1 Å². The van der Waals surface area contributed by atoms with Crippen molar-refractivity contribution in [1.82, 2.24) is 9.78 Å². The number of anilines is 2. The SMILES string of the molecule is CCn1nc(C)c(N)c1NCC1(C)CC1. The highest BCUT2D eigenvalue weighted by atomic mass is 15.3. The molecule has 84 valence electrons. The molecule has 0 bridgehead atoms. The van der Waals surface area contributed by atoms with Gasteiger partial charge in [-0.15, -0.1) is 0 Å². The average Bonchev–Trinajstić information content (AvgIpc) is 2.87. The number of hydrogen-bond acceptors (Lipinski definition) is 3. The van der Waals surface area contributed by atoms with E-state index in [9.17, 15) is 0 Å². The second-order valence-corrected chi connectivity index (χ2v) is 4.83. The monoisotopic (exact) mass is 208 g/mol. The van der Waals surface area contributed by atoms with Crippen LogP contribution in [0, 0.1) is 12.3 Å². The van der Waals surface area contributed by atoms with Gasteiger partial charge in [-0.2, -0.15) is 5.10 Å². The Labute approximate surface area is 90.8 Å². The Bertz CT molecular complexity index is 363. The summed E-state index contributed by atoms with van der Waals surface area (Å²) in [4.78, 5) is 0. The second kappa shape index (κ2) is 3.43. The van der Waals surface area contributed by atoms with E-state index in [0.717, 1.165) is 30.3 Å². The fourth-order valence-corrected chi connectivity index (χ4v) is 1.70. The molecule has 0 atom stereocenters. The first-order valence-electron chi connectivity index (χ1n) is 5.62. The normalized spacial score (nSPS) is 17.8. The molecule has 1 saturated carbocycles. The minimum Gasteiger partial charge on any atom is -0.394 e. The van der Waals surface area contributed by atoms with Crippen LogP contribution in [0.2, 0.25) is 0 Å². The molecule has 1 aliphatic rings. The van der Waals surface area contributed by atoms with Crippen LogP contribution in [0.4, 0.5) is 11.5 Å². The first-order valence-corrected chi connectivity index (χ1v) is 5.62. The Balaban J connectivity index is 2.11. The molecule has 4 heteroatoms. The average molecular weight is 208 g/mol. The fourth-order valence-electron chi connectivity index (χ4n) is 1.70. The van der Waals surface area contributed by atoms with Gasteiger partial charge in [0, 0.05) is 13.1 Å². The van der Waals surface area contributed by atoms with Crippen LogP contribution in [0.25, 0.3) is 0 Å². The third kappa shape index (κ3) is 1.94. The summed E-state index contributed by atoms with van der Waals surface area (Å²) in [5, 5.41) is 7.81. The molecule has 15 heavy (non-hydrogen) atoms. The van der Waals surface area contributed by atoms with Crippen molar-refractivity contribution in [2.45, 2.75) is 40.2 Å². The summed E-state index contributed by atoms with van der Waals surface area (Å²) in [5.41, 5.74) is 8.18. The lowest BCUT2D eigenvalue weighted by atomic mass is 10.1. The highest BCUT2D eigenvalue weighted by Gasteiger charge is 2.37. The highest BCUT2D eigenvalue weighted by Crippen LogP contribution is 2.45. The Morgan fingerprint density at radius 2 is 2.20 bits per heavy atom. The van der Waals surface area contributed by atoms with E-state index in [2.05, 4.69) is 24.3 Å². The number of aryl methyl sites for hydroxylation is 2. The van der Waals surface area contributed by atoms with E-state index in [0.29, 0.717) is 5.41 Å². The lowest BCUT2D eigenvalue weighted by Crippen LogP contribution is -2.15. The van der Waals surface area contributed by atoms with E-state index in [1.807, 2.05) is 11.6 Å². The molecule has 1 heterocycles. The molecule has 1 aromatic rings. The zero-order valence-electron chi connectivity index (χ0n) is 9.80. The van der Waals surface area contributed by atoms with Crippen LogP contribution < -0.4 is 11.1 Å². The summed E-state index contributed by atoms with van der Waals surface area (Å²) in [6.07, 6.45) is 2.64. The molecule has 3 N–H and O–H groups in total. The van der Waals surface area contributed by atoms with Gasteiger partial charge in [0.25, 0.3) is 0 Å². The van der Waals surface area contributed by atoms with Crippen LogP contribution in [0.3, 0.4) is 0 Å². The van der Waals surface area contributed by atoms with E-state index >= 15 is 0 Å². The molecule has 1 aromatic heterocycles. The fraction of sp³-hybridized carbons (Fsp3) is 0.727. The van der Waals surface area contributed by atoms with Gasteiger partial charge in [0.1, 0.15) is 5.82 Å². The van der Waals surface area contributed by atoms with Gasteiger partial charge >= 0.3 is 0 Å². The van der Waals surface area contributed by atoms with E-state index in [-0.39, 0.29) is 0 Å². The quantitative estimate of drug-likeness (QED) is 0.795. The summed E-state index contributed by atoms with van der Waals surface area (Å²) < 4.78 is 1.94. The Morgan fingerprint density at radius 3 is 2.73 bits per heavy atom. The summed E-state index contributed by atoms with van der Waals surface area (Å²) in [6, 6.07) is 0. The Kier molecular flexibility index (Phi) is 2.37. The standard InChI is InChI=1S/C11H20N4/c1-4-15-10(9(12)8(2)14-15)13-7-11(3)5-6-11/h13H,4-7,12H2,1-3H3. The van der Waals surface area contributed by atoms with Gasteiger partial charge in [-0.1, -0.05) is 6.92 Å². The smallest absolute Gasteiger partial charge is 0.148 e. The van der Waals surface area contributed by atoms with Crippen molar-refractivity contribution in [1.29, 1.82) is 0 Å². The van der Waals surface area contributed by atoms with Crippen LogP contribution in [0.1, 0.15) is 32.4 Å². The number of nitrogens with two attached hydrogens (primary N) is 1. The number of nitrogens with zero attached hydrogens (tertiary/aromatic N) is 2. The first kappa shape index (κ1) is 10.3. The molecule has 0 amide bonds. The van der Waals surface area contributed by atoms with Crippen molar-refractivity contribution in [2.75, 3.05) is 17.6 Å². The molecule has 1 fully saturated rings. The van der Waals surface area contributed by atoms with Gasteiger partial charge in [-0.25, -0.2) is 4.68 Å². The van der Waals surface area contributed by atoms with E-state index in [1.165, 1.54) is 12.8 Å². The second-order valence-electron chi connectivity index (χ2n) is 4.83. The first-order chi connectivity index (χ1) is 7.06.